The van der Waals surface area contributed by atoms with Gasteiger partial charge in [0.25, 0.3) is 0 Å². The molecule has 24 heavy (non-hydrogen) atoms. The molecule has 2 nitrogen and oxygen atoms in total. The van der Waals surface area contributed by atoms with Crippen LogP contribution >= 0.6 is 0 Å². The zero-order valence-corrected chi connectivity index (χ0v) is 18.6. The third-order valence-corrected chi connectivity index (χ3v) is 0.744. The van der Waals surface area contributed by atoms with Crippen molar-refractivity contribution in [3.63, 3.8) is 0 Å². The standard InChI is InChI=1S/C4H8O2.5C3H5.2Li.Sm/c1-2-6-4-3-5-1;5*1-3-2;;;/h1-4H2;5*3H,1-2H2;;;. The smallest absolute Gasteiger partial charge is 0.0701 e. The molecule has 0 saturated carbocycles. The van der Waals surface area contributed by atoms with Crippen LogP contribution in [0, 0.1) is 142 Å². The Labute approximate surface area is 213 Å². The van der Waals surface area contributed by atoms with Crippen molar-refractivity contribution in [3.8, 4) is 0 Å². The molecule has 0 aliphatic carbocycles. The summed E-state index contributed by atoms with van der Waals surface area (Å²) in [5.41, 5.74) is 0. The third kappa shape index (κ3) is 188. The van der Waals surface area contributed by atoms with Gasteiger partial charge in [-0.1, -0.05) is 0 Å². The quantitative estimate of drug-likeness (QED) is 0.518. The van der Waals surface area contributed by atoms with Crippen LogP contribution < -0.4 is 0 Å². The number of hydrogen-bond donors (Lipinski definition) is 0. The first-order valence-electron chi connectivity index (χ1n) is 6.24. The molecule has 0 atom stereocenters. The molecule has 0 amide bonds. The van der Waals surface area contributed by atoms with E-state index in [1.807, 2.05) is 0 Å². The van der Waals surface area contributed by atoms with Gasteiger partial charge in [0.1, 0.15) is 0 Å². The Kier molecular flexibility index (Phi) is 176. The van der Waals surface area contributed by atoms with Crippen molar-refractivity contribution in [3.05, 3.63) is 101 Å². The summed E-state index contributed by atoms with van der Waals surface area (Å²) in [5.74, 6) is 0. The molecule has 0 aromatic heterocycles. The van der Waals surface area contributed by atoms with Crippen molar-refractivity contribution in [2.24, 2.45) is 0 Å². The fourth-order valence-electron chi connectivity index (χ4n) is 0.440. The third-order valence-electron chi connectivity index (χ3n) is 0.744. The van der Waals surface area contributed by atoms with Crippen LogP contribution in [0.5, 0.6) is 0 Å². The van der Waals surface area contributed by atoms with E-state index in [1.165, 1.54) is 32.1 Å². The summed E-state index contributed by atoms with van der Waals surface area (Å²) < 4.78 is 9.89. The minimum Gasteiger partial charge on any atom is -0.377 e. The number of ether oxygens (including phenoxy) is 2. The van der Waals surface area contributed by atoms with Crippen LogP contribution in [0.3, 0.4) is 0 Å². The van der Waals surface area contributed by atoms with Gasteiger partial charge in [-0.25, -0.2) is 0 Å². The topological polar surface area (TPSA) is 18.5 Å². The first-order chi connectivity index (χ1) is 10.1. The molecule has 1 saturated heterocycles. The van der Waals surface area contributed by atoms with E-state index < -0.39 is 0 Å². The minimum absolute atomic E-state index is 0. The molecule has 0 unspecified atom stereocenters. The van der Waals surface area contributed by atoms with E-state index in [9.17, 15) is 0 Å². The maximum Gasteiger partial charge on any atom is 0.0701 e. The van der Waals surface area contributed by atoms with Crippen molar-refractivity contribution in [1.29, 1.82) is 0 Å². The molecule has 0 spiro atoms. The first kappa shape index (κ1) is 50.3. The van der Waals surface area contributed by atoms with Gasteiger partial charge in [0, 0.05) is 78.1 Å². The van der Waals surface area contributed by atoms with Gasteiger partial charge in [-0.15, -0.1) is 0 Å². The largest absolute Gasteiger partial charge is 0.377 e. The fourth-order valence-corrected chi connectivity index (χ4v) is 0.440. The second-order valence-corrected chi connectivity index (χ2v) is 2.67. The van der Waals surface area contributed by atoms with Crippen LogP contribution in [0.25, 0.3) is 0 Å². The van der Waals surface area contributed by atoms with Gasteiger partial charge in [0.15, 0.2) is 0 Å². The molecule has 17 radical (unpaired) electrons. The Balaban J connectivity index is -0.0000000216. The Morgan fingerprint density at radius 3 is 0.542 bits per heavy atom. The molecule has 0 N–H and O–H groups in total. The second-order valence-electron chi connectivity index (χ2n) is 2.67. The van der Waals surface area contributed by atoms with Crippen molar-refractivity contribution >= 4 is 37.7 Å². The average molecular weight is 458 g/mol. The molecule has 0 aromatic carbocycles. The number of rotatable bonds is 0. The first-order valence-corrected chi connectivity index (χ1v) is 6.24. The Morgan fingerprint density at radius 2 is 0.500 bits per heavy atom. The summed E-state index contributed by atoms with van der Waals surface area (Å²) >= 11 is 0. The van der Waals surface area contributed by atoms with Crippen LogP contribution in [0.2, 0.25) is 0 Å². The van der Waals surface area contributed by atoms with E-state index in [0.717, 1.165) is 26.4 Å². The van der Waals surface area contributed by atoms with Gasteiger partial charge >= 0.3 is 0 Å². The fraction of sp³-hybridized carbons (Fsp3) is 0.211. The summed E-state index contributed by atoms with van der Waals surface area (Å²) in [6, 6.07) is 0. The molecule has 1 aliphatic rings. The van der Waals surface area contributed by atoms with Crippen molar-refractivity contribution in [2.45, 2.75) is 0 Å². The summed E-state index contributed by atoms with van der Waals surface area (Å²) in [4.78, 5) is 0. The van der Waals surface area contributed by atoms with Gasteiger partial charge < -0.3 is 9.47 Å². The molecular weight excluding hydrogens is 424 g/mol. The summed E-state index contributed by atoms with van der Waals surface area (Å²) in [5, 5.41) is 0. The van der Waals surface area contributed by atoms with E-state index in [1.54, 1.807) is 0 Å². The SMILES string of the molecule is C1COCCO1.[CH2][CH][CH2].[CH2][CH][CH2].[CH2][CH][CH2].[CH2][CH][CH2].[CH2][CH][CH2].[Li].[Li].[Sm]. The number of hydrogen-bond acceptors (Lipinski definition) is 2. The van der Waals surface area contributed by atoms with Gasteiger partial charge in [-0.3, -0.25) is 0 Å². The predicted molar refractivity (Wildman–Crippen MR) is 108 cm³/mol. The minimum atomic E-state index is 0. The summed E-state index contributed by atoms with van der Waals surface area (Å²) in [7, 11) is 0. The van der Waals surface area contributed by atoms with Gasteiger partial charge in [0.05, 0.1) is 26.4 Å². The Hall–Kier alpha value is 2.45. The molecule has 1 heterocycles. The monoisotopic (exact) mass is 459 g/mol. The summed E-state index contributed by atoms with van der Waals surface area (Å²) in [6.07, 6.45) is 7.50. The molecule has 0 aromatic rings. The molecular formula is C19H33Li2O2Sm. The predicted octanol–water partition coefficient (Wildman–Crippen LogP) is 3.57. The maximum atomic E-state index is 4.94. The normalized spacial score (nSPS) is 9.75. The molecule has 1 rings (SSSR count). The van der Waals surface area contributed by atoms with Gasteiger partial charge in [0.2, 0.25) is 0 Å². The van der Waals surface area contributed by atoms with Crippen LogP contribution in [0.15, 0.2) is 0 Å². The van der Waals surface area contributed by atoms with Crippen molar-refractivity contribution < 1.29 is 49.9 Å². The molecule has 5 heteroatoms. The Bertz CT molecular complexity index is 74.3. The van der Waals surface area contributed by atoms with E-state index in [-0.39, 0.29) is 78.1 Å². The van der Waals surface area contributed by atoms with Crippen LogP contribution in [0.1, 0.15) is 0 Å². The average Bonchev–Trinajstić information content (AvgIpc) is 2.45. The van der Waals surface area contributed by atoms with E-state index in [2.05, 4.69) is 69.2 Å². The van der Waals surface area contributed by atoms with Gasteiger partial charge in [-0.05, 0) is 101 Å². The zero-order valence-electron chi connectivity index (χ0n) is 16.0. The Morgan fingerprint density at radius 1 is 0.417 bits per heavy atom. The van der Waals surface area contributed by atoms with Crippen molar-refractivity contribution in [2.75, 3.05) is 26.4 Å². The van der Waals surface area contributed by atoms with Crippen LogP contribution in [0.4, 0.5) is 0 Å². The molecule has 0 bridgehead atoms. The zero-order chi connectivity index (χ0) is 17.8. The van der Waals surface area contributed by atoms with Crippen LogP contribution in [-0.4, -0.2) is 64.1 Å². The second kappa shape index (κ2) is 84.1. The van der Waals surface area contributed by atoms with Crippen molar-refractivity contribution in [1.82, 2.24) is 0 Å². The molecule has 1 aliphatic heterocycles. The summed E-state index contributed by atoms with van der Waals surface area (Å²) in [6.45, 7) is 35.6. The molecule has 129 valence electrons. The van der Waals surface area contributed by atoms with E-state index >= 15 is 0 Å². The van der Waals surface area contributed by atoms with Gasteiger partial charge in [-0.2, -0.15) is 0 Å². The van der Waals surface area contributed by atoms with Crippen LogP contribution in [-0.2, 0) is 9.47 Å². The maximum absolute atomic E-state index is 4.94. The van der Waals surface area contributed by atoms with E-state index in [4.69, 9.17) is 9.47 Å². The van der Waals surface area contributed by atoms with E-state index in [0.29, 0.717) is 0 Å². The molecule has 1 fully saturated rings.